The highest BCUT2D eigenvalue weighted by molar-refractivity contribution is 5.76. The number of hydrogen-bond acceptors (Lipinski definition) is 5. The number of amides is 2. The lowest BCUT2D eigenvalue weighted by Crippen LogP contribution is -2.29. The number of hydrogen-bond donors (Lipinski definition) is 3. The van der Waals surface area contributed by atoms with Crippen LogP contribution in [0.3, 0.4) is 0 Å². The summed E-state index contributed by atoms with van der Waals surface area (Å²) >= 11 is 0. The van der Waals surface area contributed by atoms with E-state index in [1.54, 1.807) is 0 Å². The average molecular weight is 402 g/mol. The van der Waals surface area contributed by atoms with Gasteiger partial charge in [-0.15, -0.1) is 0 Å². The molecule has 2 amide bonds. The Kier molecular flexibility index (Phi) is 19.7. The van der Waals surface area contributed by atoms with Gasteiger partial charge in [-0.3, -0.25) is 9.59 Å². The lowest BCUT2D eigenvalue weighted by atomic mass is 10.1. The second-order valence-corrected chi connectivity index (χ2v) is 7.30. The van der Waals surface area contributed by atoms with E-state index in [9.17, 15) is 9.59 Å². The molecule has 0 heterocycles. The molecule has 0 radical (unpaired) electrons. The lowest BCUT2D eigenvalue weighted by molar-refractivity contribution is -0.122. The second kappa shape index (κ2) is 20.6. The first kappa shape index (κ1) is 26.8. The van der Waals surface area contributed by atoms with Gasteiger partial charge in [0.25, 0.3) is 0 Å². The maximum Gasteiger partial charge on any atom is 0.222 e. The first-order valence-corrected chi connectivity index (χ1v) is 11.0. The van der Waals surface area contributed by atoms with Crippen molar-refractivity contribution in [2.45, 2.75) is 78.2 Å². The largest absolute Gasteiger partial charge is 0.379 e. The molecule has 166 valence electrons. The van der Waals surface area contributed by atoms with Gasteiger partial charge < -0.3 is 25.4 Å². The molecular formula is C21H43N3O4. The van der Waals surface area contributed by atoms with Crippen molar-refractivity contribution in [1.82, 2.24) is 16.0 Å². The van der Waals surface area contributed by atoms with Crippen molar-refractivity contribution in [2.75, 3.05) is 46.1 Å². The molecule has 28 heavy (non-hydrogen) atoms. The van der Waals surface area contributed by atoms with Crippen molar-refractivity contribution < 1.29 is 19.1 Å². The molecule has 0 fully saturated rings. The first-order valence-electron chi connectivity index (χ1n) is 11.0. The van der Waals surface area contributed by atoms with Crippen molar-refractivity contribution in [2.24, 2.45) is 0 Å². The van der Waals surface area contributed by atoms with Crippen LogP contribution in [0, 0.1) is 0 Å². The van der Waals surface area contributed by atoms with Crippen LogP contribution in [0.15, 0.2) is 0 Å². The Hall–Kier alpha value is -1.18. The zero-order chi connectivity index (χ0) is 20.9. The van der Waals surface area contributed by atoms with Crippen LogP contribution in [-0.4, -0.2) is 63.9 Å². The van der Waals surface area contributed by atoms with Gasteiger partial charge in [-0.1, -0.05) is 46.5 Å². The van der Waals surface area contributed by atoms with Gasteiger partial charge in [0.15, 0.2) is 0 Å². The van der Waals surface area contributed by atoms with Crippen molar-refractivity contribution >= 4 is 11.8 Å². The van der Waals surface area contributed by atoms with Crippen LogP contribution < -0.4 is 16.0 Å². The minimum Gasteiger partial charge on any atom is -0.379 e. The maximum absolute atomic E-state index is 11.6. The summed E-state index contributed by atoms with van der Waals surface area (Å²) in [5, 5.41) is 9.04. The Balaban J connectivity index is 3.26. The minimum absolute atomic E-state index is 0.0442. The maximum atomic E-state index is 11.6. The lowest BCUT2D eigenvalue weighted by Gasteiger charge is -2.09. The summed E-state index contributed by atoms with van der Waals surface area (Å²) in [6.07, 6.45) is 7.73. The quantitative estimate of drug-likeness (QED) is 0.273. The smallest absolute Gasteiger partial charge is 0.222 e. The molecule has 0 spiro atoms. The molecule has 0 unspecified atom stereocenters. The van der Waals surface area contributed by atoms with Gasteiger partial charge in [0, 0.05) is 32.0 Å². The summed E-state index contributed by atoms with van der Waals surface area (Å²) in [6.45, 7) is 10.3. The third kappa shape index (κ3) is 21.1. The Morgan fingerprint density at radius 2 is 1.36 bits per heavy atom. The Bertz CT molecular complexity index is 379. The van der Waals surface area contributed by atoms with E-state index >= 15 is 0 Å². The summed E-state index contributed by atoms with van der Waals surface area (Å²) in [5.41, 5.74) is 0. The molecule has 0 saturated carbocycles. The van der Waals surface area contributed by atoms with E-state index in [-0.39, 0.29) is 11.8 Å². The van der Waals surface area contributed by atoms with Gasteiger partial charge in [-0.2, -0.15) is 0 Å². The summed E-state index contributed by atoms with van der Waals surface area (Å²) in [5.74, 6) is 0.101. The van der Waals surface area contributed by atoms with E-state index in [1.165, 1.54) is 25.7 Å². The van der Waals surface area contributed by atoms with Gasteiger partial charge in [-0.25, -0.2) is 0 Å². The highest BCUT2D eigenvalue weighted by atomic mass is 16.5. The zero-order valence-corrected chi connectivity index (χ0v) is 18.3. The number of rotatable bonds is 20. The fourth-order valence-corrected chi connectivity index (χ4v) is 2.52. The second-order valence-electron chi connectivity index (χ2n) is 7.30. The average Bonchev–Trinajstić information content (AvgIpc) is 2.66. The van der Waals surface area contributed by atoms with Gasteiger partial charge >= 0.3 is 0 Å². The Morgan fingerprint density at radius 3 is 2.07 bits per heavy atom. The molecule has 0 bridgehead atoms. The summed E-state index contributed by atoms with van der Waals surface area (Å²) in [6, 6.07) is 0.452. The van der Waals surface area contributed by atoms with Crippen LogP contribution in [0.2, 0.25) is 0 Å². The van der Waals surface area contributed by atoms with Gasteiger partial charge in [-0.05, 0) is 19.4 Å². The molecule has 0 aromatic carbocycles. The predicted molar refractivity (Wildman–Crippen MR) is 113 cm³/mol. The van der Waals surface area contributed by atoms with Crippen molar-refractivity contribution in [3.05, 3.63) is 0 Å². The molecule has 0 rings (SSSR count). The van der Waals surface area contributed by atoms with Crippen LogP contribution in [0.1, 0.15) is 72.1 Å². The highest BCUT2D eigenvalue weighted by Gasteiger charge is 2.02. The fourth-order valence-electron chi connectivity index (χ4n) is 2.52. The highest BCUT2D eigenvalue weighted by Crippen LogP contribution is 2.01. The van der Waals surface area contributed by atoms with Crippen molar-refractivity contribution in [3.63, 3.8) is 0 Å². The molecule has 0 atom stereocenters. The van der Waals surface area contributed by atoms with Gasteiger partial charge in [0.2, 0.25) is 11.8 Å². The number of nitrogens with one attached hydrogen (secondary N) is 3. The molecule has 7 nitrogen and oxygen atoms in total. The van der Waals surface area contributed by atoms with E-state index < -0.39 is 0 Å². The number of carbonyl (C=O) groups is 2. The molecule has 0 aliphatic rings. The Labute approximate surface area is 171 Å². The van der Waals surface area contributed by atoms with E-state index in [0.717, 1.165) is 25.9 Å². The van der Waals surface area contributed by atoms with Crippen molar-refractivity contribution in [1.29, 1.82) is 0 Å². The van der Waals surface area contributed by atoms with E-state index in [0.29, 0.717) is 51.9 Å². The molecule has 0 saturated heterocycles. The molecule has 0 aliphatic heterocycles. The van der Waals surface area contributed by atoms with Gasteiger partial charge in [0.1, 0.15) is 0 Å². The van der Waals surface area contributed by atoms with Crippen LogP contribution in [0.4, 0.5) is 0 Å². The molecular weight excluding hydrogens is 358 g/mol. The summed E-state index contributed by atoms with van der Waals surface area (Å²) in [4.78, 5) is 23.2. The molecule has 0 aromatic heterocycles. The first-order chi connectivity index (χ1) is 13.6. The number of carbonyl (C=O) groups excluding carboxylic acids is 2. The third-order valence-corrected chi connectivity index (χ3v) is 4.15. The van der Waals surface area contributed by atoms with Crippen LogP contribution in [-0.2, 0) is 19.1 Å². The third-order valence-electron chi connectivity index (χ3n) is 4.15. The zero-order valence-electron chi connectivity index (χ0n) is 18.3. The number of ether oxygens (including phenoxy) is 2. The fraction of sp³-hybridized carbons (Fsp3) is 0.905. The number of unbranched alkanes of at least 4 members (excludes halogenated alkanes) is 4. The molecule has 0 aliphatic carbocycles. The van der Waals surface area contributed by atoms with Gasteiger partial charge in [0.05, 0.1) is 26.4 Å². The van der Waals surface area contributed by atoms with Crippen LogP contribution in [0.5, 0.6) is 0 Å². The minimum atomic E-state index is 0.0442. The van der Waals surface area contributed by atoms with Crippen LogP contribution >= 0.6 is 0 Å². The predicted octanol–water partition coefficient (Wildman–Crippen LogP) is 2.39. The van der Waals surface area contributed by atoms with E-state index in [2.05, 4.69) is 36.7 Å². The normalized spacial score (nSPS) is 11.0. The van der Waals surface area contributed by atoms with E-state index in [1.807, 2.05) is 0 Å². The van der Waals surface area contributed by atoms with Crippen molar-refractivity contribution in [3.8, 4) is 0 Å². The molecule has 3 N–H and O–H groups in total. The SMILES string of the molecule is CCCCCCCNC(=O)CCOCCOCCNC(=O)CCCNC(C)C. The monoisotopic (exact) mass is 401 g/mol. The molecule has 7 heteroatoms. The van der Waals surface area contributed by atoms with E-state index in [4.69, 9.17) is 9.47 Å². The topological polar surface area (TPSA) is 88.7 Å². The summed E-state index contributed by atoms with van der Waals surface area (Å²) in [7, 11) is 0. The molecule has 0 aromatic rings. The standard InChI is InChI=1S/C21H43N3O4/c1-4-5-6-7-8-12-23-21(26)11-15-27-17-18-28-16-14-24-20(25)10-9-13-22-19(2)3/h19,22H,4-18H2,1-3H3,(H,23,26)(H,24,25). The summed E-state index contributed by atoms with van der Waals surface area (Å²) < 4.78 is 10.8. The van der Waals surface area contributed by atoms with Crippen LogP contribution in [0.25, 0.3) is 0 Å². The Morgan fingerprint density at radius 1 is 0.714 bits per heavy atom.